The van der Waals surface area contributed by atoms with E-state index in [9.17, 15) is 5.26 Å². The van der Waals surface area contributed by atoms with E-state index in [1.54, 1.807) is 0 Å². The summed E-state index contributed by atoms with van der Waals surface area (Å²) in [5.41, 5.74) is 0.774. The van der Waals surface area contributed by atoms with Crippen LogP contribution in [-0.2, 0) is 11.2 Å². The molecule has 1 aromatic rings. The van der Waals surface area contributed by atoms with E-state index in [4.69, 9.17) is 16.3 Å². The minimum Gasteiger partial charge on any atom is -0.381 e. The standard InChI is InChI=1S/C13H14ClNO/c14-12-4-2-1-3-11(12)9-13(10-15)5-7-16-8-6-13/h1-4H,5-9H2. The van der Waals surface area contributed by atoms with E-state index in [1.165, 1.54) is 0 Å². The SMILES string of the molecule is N#CC1(Cc2ccccc2Cl)CCOCC1. The largest absolute Gasteiger partial charge is 0.381 e. The second-order valence-corrected chi connectivity index (χ2v) is 4.68. The Kier molecular flexibility index (Phi) is 3.48. The number of nitriles is 1. The number of hydrogen-bond donors (Lipinski definition) is 0. The van der Waals surface area contributed by atoms with E-state index >= 15 is 0 Å². The van der Waals surface area contributed by atoms with E-state index in [-0.39, 0.29) is 5.41 Å². The molecule has 0 spiro atoms. The van der Waals surface area contributed by atoms with Crippen molar-refractivity contribution < 1.29 is 4.74 Å². The summed E-state index contributed by atoms with van der Waals surface area (Å²) in [5, 5.41) is 10.1. The van der Waals surface area contributed by atoms with Gasteiger partial charge in [-0.3, -0.25) is 0 Å². The van der Waals surface area contributed by atoms with Crippen LogP contribution in [0.25, 0.3) is 0 Å². The highest BCUT2D eigenvalue weighted by Crippen LogP contribution is 2.35. The van der Waals surface area contributed by atoms with Gasteiger partial charge in [0.15, 0.2) is 0 Å². The van der Waals surface area contributed by atoms with Gasteiger partial charge in [0.25, 0.3) is 0 Å². The van der Waals surface area contributed by atoms with Gasteiger partial charge in [-0.1, -0.05) is 29.8 Å². The third-order valence-electron chi connectivity index (χ3n) is 3.17. The molecule has 0 radical (unpaired) electrons. The van der Waals surface area contributed by atoms with Gasteiger partial charge in [-0.15, -0.1) is 0 Å². The van der Waals surface area contributed by atoms with Gasteiger partial charge in [0.1, 0.15) is 0 Å². The minimum absolute atomic E-state index is 0.288. The summed E-state index contributed by atoms with van der Waals surface area (Å²) in [6, 6.07) is 10.2. The van der Waals surface area contributed by atoms with E-state index in [0.717, 1.165) is 29.8 Å². The molecule has 0 unspecified atom stereocenters. The summed E-state index contributed by atoms with van der Waals surface area (Å²) >= 11 is 6.12. The smallest absolute Gasteiger partial charge is 0.0695 e. The van der Waals surface area contributed by atoms with Gasteiger partial charge < -0.3 is 4.74 Å². The predicted molar refractivity (Wildman–Crippen MR) is 63.3 cm³/mol. The highest BCUT2D eigenvalue weighted by Gasteiger charge is 2.33. The maximum Gasteiger partial charge on any atom is 0.0695 e. The fraction of sp³-hybridized carbons (Fsp3) is 0.462. The molecule has 3 heteroatoms. The highest BCUT2D eigenvalue weighted by atomic mass is 35.5. The quantitative estimate of drug-likeness (QED) is 0.789. The van der Waals surface area contributed by atoms with Gasteiger partial charge in [-0.2, -0.15) is 5.26 Å². The summed E-state index contributed by atoms with van der Waals surface area (Å²) in [7, 11) is 0. The molecule has 0 aromatic heterocycles. The lowest BCUT2D eigenvalue weighted by atomic mass is 9.76. The van der Waals surface area contributed by atoms with Crippen molar-refractivity contribution in [1.29, 1.82) is 5.26 Å². The molecule has 1 fully saturated rings. The number of rotatable bonds is 2. The molecule has 0 saturated carbocycles. The zero-order chi connectivity index (χ0) is 11.4. The van der Waals surface area contributed by atoms with Crippen molar-refractivity contribution in [1.82, 2.24) is 0 Å². The molecular formula is C13H14ClNO. The van der Waals surface area contributed by atoms with E-state index in [2.05, 4.69) is 6.07 Å². The molecule has 84 valence electrons. The first-order valence-corrected chi connectivity index (χ1v) is 5.86. The Bertz CT molecular complexity index is 405. The summed E-state index contributed by atoms with van der Waals surface area (Å²) in [6.45, 7) is 1.36. The van der Waals surface area contributed by atoms with Crippen LogP contribution in [0.15, 0.2) is 24.3 Å². The molecule has 0 bridgehead atoms. The summed E-state index contributed by atoms with van der Waals surface area (Å²) in [4.78, 5) is 0. The summed E-state index contributed by atoms with van der Waals surface area (Å²) in [6.07, 6.45) is 2.33. The first-order valence-electron chi connectivity index (χ1n) is 5.48. The lowest BCUT2D eigenvalue weighted by Gasteiger charge is -2.30. The van der Waals surface area contributed by atoms with Crippen molar-refractivity contribution in [3.8, 4) is 6.07 Å². The third-order valence-corrected chi connectivity index (χ3v) is 3.54. The van der Waals surface area contributed by atoms with Gasteiger partial charge >= 0.3 is 0 Å². The van der Waals surface area contributed by atoms with Crippen molar-refractivity contribution in [3.63, 3.8) is 0 Å². The van der Waals surface area contributed by atoms with Crippen molar-refractivity contribution in [2.24, 2.45) is 5.41 Å². The van der Waals surface area contributed by atoms with Crippen LogP contribution in [0.2, 0.25) is 5.02 Å². The van der Waals surface area contributed by atoms with Gasteiger partial charge in [-0.05, 0) is 30.9 Å². The first kappa shape index (κ1) is 11.4. The number of hydrogen-bond acceptors (Lipinski definition) is 2. The fourth-order valence-electron chi connectivity index (χ4n) is 2.10. The molecule has 16 heavy (non-hydrogen) atoms. The average Bonchev–Trinajstić information content (AvgIpc) is 2.33. The Labute approximate surface area is 101 Å². The van der Waals surface area contributed by atoms with Gasteiger partial charge in [0.05, 0.1) is 11.5 Å². The normalized spacial score (nSPS) is 19.0. The number of benzene rings is 1. The molecule has 1 aromatic carbocycles. The van der Waals surface area contributed by atoms with Crippen LogP contribution in [0.3, 0.4) is 0 Å². The molecule has 1 saturated heterocycles. The van der Waals surface area contributed by atoms with Gasteiger partial charge in [0.2, 0.25) is 0 Å². The Morgan fingerprint density at radius 1 is 1.31 bits per heavy atom. The van der Waals surface area contributed by atoms with Crippen molar-refractivity contribution >= 4 is 11.6 Å². The molecule has 2 rings (SSSR count). The topological polar surface area (TPSA) is 33.0 Å². The van der Waals surface area contributed by atoms with Crippen molar-refractivity contribution in [2.45, 2.75) is 19.3 Å². The Morgan fingerprint density at radius 3 is 2.62 bits per heavy atom. The molecule has 0 aliphatic carbocycles. The van der Waals surface area contributed by atoms with Crippen LogP contribution >= 0.6 is 11.6 Å². The van der Waals surface area contributed by atoms with Gasteiger partial charge in [0, 0.05) is 18.2 Å². The lowest BCUT2D eigenvalue weighted by molar-refractivity contribution is 0.0406. The molecule has 2 nitrogen and oxygen atoms in total. The summed E-state index contributed by atoms with van der Waals surface area (Å²) in [5.74, 6) is 0. The first-order chi connectivity index (χ1) is 7.76. The van der Waals surface area contributed by atoms with E-state index < -0.39 is 0 Å². The van der Waals surface area contributed by atoms with Crippen LogP contribution in [0.5, 0.6) is 0 Å². The maximum absolute atomic E-state index is 9.35. The number of nitrogens with zero attached hydrogens (tertiary/aromatic N) is 1. The van der Waals surface area contributed by atoms with Crippen LogP contribution in [0.1, 0.15) is 18.4 Å². The second-order valence-electron chi connectivity index (χ2n) is 4.27. The predicted octanol–water partition coefficient (Wildman–Crippen LogP) is 3.20. The second kappa shape index (κ2) is 4.86. The zero-order valence-electron chi connectivity index (χ0n) is 9.08. The monoisotopic (exact) mass is 235 g/mol. The molecule has 0 N–H and O–H groups in total. The number of ether oxygens (including phenoxy) is 1. The Balaban J connectivity index is 2.19. The van der Waals surface area contributed by atoms with Crippen LogP contribution in [-0.4, -0.2) is 13.2 Å². The molecule has 1 aliphatic rings. The van der Waals surface area contributed by atoms with Crippen molar-refractivity contribution in [2.75, 3.05) is 13.2 Å². The molecular weight excluding hydrogens is 222 g/mol. The Hall–Kier alpha value is -1.04. The molecule has 0 atom stereocenters. The molecule has 1 aliphatic heterocycles. The number of halogens is 1. The highest BCUT2D eigenvalue weighted by molar-refractivity contribution is 6.31. The van der Waals surface area contributed by atoms with Crippen LogP contribution in [0.4, 0.5) is 0 Å². The Morgan fingerprint density at radius 2 is 2.00 bits per heavy atom. The van der Waals surface area contributed by atoms with Gasteiger partial charge in [-0.25, -0.2) is 0 Å². The van der Waals surface area contributed by atoms with Crippen molar-refractivity contribution in [3.05, 3.63) is 34.9 Å². The lowest BCUT2D eigenvalue weighted by Crippen LogP contribution is -2.30. The summed E-state index contributed by atoms with van der Waals surface area (Å²) < 4.78 is 5.31. The maximum atomic E-state index is 9.35. The van der Waals surface area contributed by atoms with E-state index in [0.29, 0.717) is 13.2 Å². The minimum atomic E-state index is -0.288. The van der Waals surface area contributed by atoms with E-state index in [1.807, 2.05) is 24.3 Å². The molecule has 0 amide bonds. The average molecular weight is 236 g/mol. The zero-order valence-corrected chi connectivity index (χ0v) is 9.83. The third kappa shape index (κ3) is 2.37. The fourth-order valence-corrected chi connectivity index (χ4v) is 2.30. The van der Waals surface area contributed by atoms with Crippen LogP contribution < -0.4 is 0 Å². The van der Waals surface area contributed by atoms with Crippen LogP contribution in [0, 0.1) is 16.7 Å². The molecule has 1 heterocycles.